The SMILES string of the molecule is O=c1[nH]c2cccccc-2c1-c1cn2cnc(N3CCNCC3)cc2n1. The van der Waals surface area contributed by atoms with Gasteiger partial charge in [-0.25, -0.2) is 9.97 Å². The predicted octanol–water partition coefficient (Wildman–Crippen LogP) is 1.60. The van der Waals surface area contributed by atoms with Gasteiger partial charge in [0, 0.05) is 49.7 Å². The lowest BCUT2D eigenvalue weighted by atomic mass is 10.1. The van der Waals surface area contributed by atoms with Crippen molar-refractivity contribution >= 4 is 11.5 Å². The fraction of sp³-hybridized carbons (Fsp3) is 0.211. The number of nitrogens with one attached hydrogen (secondary N) is 2. The van der Waals surface area contributed by atoms with Crippen molar-refractivity contribution in [3.05, 3.63) is 59.3 Å². The van der Waals surface area contributed by atoms with Gasteiger partial charge in [0.2, 0.25) is 0 Å². The third-order valence-electron chi connectivity index (χ3n) is 4.81. The molecule has 0 unspecified atom stereocenters. The van der Waals surface area contributed by atoms with E-state index in [-0.39, 0.29) is 5.56 Å². The van der Waals surface area contributed by atoms with E-state index >= 15 is 0 Å². The number of imidazole rings is 1. The van der Waals surface area contributed by atoms with Crippen LogP contribution >= 0.6 is 0 Å². The van der Waals surface area contributed by atoms with E-state index in [1.165, 1.54) is 0 Å². The lowest BCUT2D eigenvalue weighted by molar-refractivity contribution is 0.584. The molecule has 0 spiro atoms. The Kier molecular flexibility index (Phi) is 3.46. The van der Waals surface area contributed by atoms with Crippen molar-refractivity contribution in [3.63, 3.8) is 0 Å². The molecule has 1 saturated heterocycles. The topological polar surface area (TPSA) is 78.3 Å². The van der Waals surface area contributed by atoms with Crippen molar-refractivity contribution in [1.29, 1.82) is 0 Å². The molecule has 0 amide bonds. The molecule has 5 rings (SSSR count). The number of rotatable bonds is 2. The molecular weight excluding hydrogens is 328 g/mol. The maximum Gasteiger partial charge on any atom is 0.258 e. The van der Waals surface area contributed by atoms with Crippen LogP contribution in [0, 0.1) is 0 Å². The van der Waals surface area contributed by atoms with Gasteiger partial charge in [0.1, 0.15) is 17.8 Å². The predicted molar refractivity (Wildman–Crippen MR) is 101 cm³/mol. The Morgan fingerprint density at radius 1 is 1.08 bits per heavy atom. The van der Waals surface area contributed by atoms with Gasteiger partial charge in [0.15, 0.2) is 0 Å². The molecule has 130 valence electrons. The fourth-order valence-electron chi connectivity index (χ4n) is 3.50. The summed E-state index contributed by atoms with van der Waals surface area (Å²) in [5.41, 5.74) is 3.61. The zero-order valence-corrected chi connectivity index (χ0v) is 14.1. The maximum atomic E-state index is 12.5. The van der Waals surface area contributed by atoms with Crippen molar-refractivity contribution in [2.45, 2.75) is 0 Å². The molecule has 2 aromatic rings. The van der Waals surface area contributed by atoms with Gasteiger partial charge < -0.3 is 15.2 Å². The molecule has 0 atom stereocenters. The van der Waals surface area contributed by atoms with E-state index in [1.54, 1.807) is 6.33 Å². The highest BCUT2D eigenvalue weighted by Gasteiger charge is 2.19. The quantitative estimate of drug-likeness (QED) is 0.576. The molecule has 2 N–H and O–H groups in total. The molecular formula is C19H18N6O. The molecule has 2 aromatic heterocycles. The Labute approximate surface area is 149 Å². The summed E-state index contributed by atoms with van der Waals surface area (Å²) >= 11 is 0. The highest BCUT2D eigenvalue weighted by atomic mass is 16.1. The molecule has 1 aliphatic carbocycles. The van der Waals surface area contributed by atoms with Crippen LogP contribution in [0.15, 0.2) is 53.7 Å². The van der Waals surface area contributed by atoms with Crippen molar-refractivity contribution in [3.8, 4) is 22.5 Å². The molecule has 1 fully saturated rings. The Bertz CT molecular complexity index is 1110. The molecule has 26 heavy (non-hydrogen) atoms. The molecule has 7 heteroatoms. The van der Waals surface area contributed by atoms with E-state index in [0.717, 1.165) is 48.9 Å². The lowest BCUT2D eigenvalue weighted by Crippen LogP contribution is -2.43. The Morgan fingerprint density at radius 2 is 1.92 bits per heavy atom. The maximum absolute atomic E-state index is 12.5. The average Bonchev–Trinajstić information content (AvgIpc) is 3.13. The number of hydrogen-bond acceptors (Lipinski definition) is 5. The number of hydrogen-bond donors (Lipinski definition) is 2. The second-order valence-electron chi connectivity index (χ2n) is 6.44. The Balaban J connectivity index is 1.61. The van der Waals surface area contributed by atoms with Crippen LogP contribution in [0.2, 0.25) is 0 Å². The highest BCUT2D eigenvalue weighted by molar-refractivity contribution is 5.82. The van der Waals surface area contributed by atoms with Crippen molar-refractivity contribution in [2.24, 2.45) is 0 Å². The smallest absolute Gasteiger partial charge is 0.258 e. The van der Waals surface area contributed by atoms with Gasteiger partial charge in [-0.05, 0) is 6.07 Å². The molecule has 0 saturated carbocycles. The normalized spacial score (nSPS) is 15.0. The number of piperazine rings is 1. The number of H-pyrrole nitrogens is 1. The van der Waals surface area contributed by atoms with Crippen LogP contribution in [0.4, 0.5) is 5.82 Å². The minimum absolute atomic E-state index is 0.120. The number of nitrogens with zero attached hydrogens (tertiary/aromatic N) is 4. The number of aromatic nitrogens is 4. The summed E-state index contributed by atoms with van der Waals surface area (Å²) < 4.78 is 1.86. The van der Waals surface area contributed by atoms with Crippen molar-refractivity contribution < 1.29 is 0 Å². The zero-order chi connectivity index (χ0) is 17.5. The van der Waals surface area contributed by atoms with Crippen LogP contribution in [0.25, 0.3) is 28.2 Å². The fourth-order valence-corrected chi connectivity index (χ4v) is 3.50. The van der Waals surface area contributed by atoms with E-state index in [0.29, 0.717) is 11.3 Å². The summed E-state index contributed by atoms with van der Waals surface area (Å²) in [7, 11) is 0. The van der Waals surface area contributed by atoms with Gasteiger partial charge in [-0.15, -0.1) is 0 Å². The van der Waals surface area contributed by atoms with Gasteiger partial charge in [-0.1, -0.05) is 24.3 Å². The van der Waals surface area contributed by atoms with Gasteiger partial charge in [0.25, 0.3) is 5.56 Å². The van der Waals surface area contributed by atoms with Crippen LogP contribution in [0.1, 0.15) is 0 Å². The summed E-state index contributed by atoms with van der Waals surface area (Å²) in [4.78, 5) is 26.9. The summed E-state index contributed by atoms with van der Waals surface area (Å²) in [5, 5.41) is 3.34. The number of anilines is 1. The summed E-state index contributed by atoms with van der Waals surface area (Å²) in [6, 6.07) is 11.6. The molecule has 0 bridgehead atoms. The number of aromatic amines is 1. The Hall–Kier alpha value is -3.19. The summed E-state index contributed by atoms with van der Waals surface area (Å²) in [5.74, 6) is 0.920. The first-order valence-electron chi connectivity index (χ1n) is 8.71. The molecule has 4 heterocycles. The van der Waals surface area contributed by atoms with Gasteiger partial charge in [0.05, 0.1) is 11.3 Å². The average molecular weight is 346 g/mol. The second kappa shape index (κ2) is 5.96. The largest absolute Gasteiger partial charge is 0.354 e. The van der Waals surface area contributed by atoms with E-state index in [2.05, 4.69) is 20.2 Å². The monoisotopic (exact) mass is 346 g/mol. The highest BCUT2D eigenvalue weighted by Crippen LogP contribution is 2.29. The minimum Gasteiger partial charge on any atom is -0.354 e. The first kappa shape index (κ1) is 15.1. The summed E-state index contributed by atoms with van der Waals surface area (Å²) in [6.07, 6.45) is 3.63. The minimum atomic E-state index is -0.120. The van der Waals surface area contributed by atoms with Crippen LogP contribution in [-0.4, -0.2) is 45.5 Å². The van der Waals surface area contributed by atoms with Crippen LogP contribution in [-0.2, 0) is 0 Å². The third kappa shape index (κ3) is 2.44. The van der Waals surface area contributed by atoms with Crippen molar-refractivity contribution in [1.82, 2.24) is 24.7 Å². The van der Waals surface area contributed by atoms with Crippen LogP contribution in [0.3, 0.4) is 0 Å². The third-order valence-corrected chi connectivity index (χ3v) is 4.81. The van der Waals surface area contributed by atoms with Gasteiger partial charge >= 0.3 is 0 Å². The van der Waals surface area contributed by atoms with E-state index in [1.807, 2.05) is 47.0 Å². The lowest BCUT2D eigenvalue weighted by Gasteiger charge is -2.28. The number of fused-ring (bicyclic) bond motifs is 2. The van der Waals surface area contributed by atoms with Crippen molar-refractivity contribution in [2.75, 3.05) is 31.1 Å². The molecule has 7 nitrogen and oxygen atoms in total. The van der Waals surface area contributed by atoms with Crippen LogP contribution in [0.5, 0.6) is 0 Å². The first-order valence-corrected chi connectivity index (χ1v) is 8.71. The summed E-state index contributed by atoms with van der Waals surface area (Å²) in [6.45, 7) is 3.78. The first-order chi connectivity index (χ1) is 12.8. The van der Waals surface area contributed by atoms with Gasteiger partial charge in [-0.2, -0.15) is 0 Å². The molecule has 3 aliphatic rings. The van der Waals surface area contributed by atoms with Crippen LogP contribution < -0.4 is 15.8 Å². The molecule has 0 aromatic carbocycles. The van der Waals surface area contributed by atoms with E-state index in [4.69, 9.17) is 4.98 Å². The van der Waals surface area contributed by atoms with E-state index in [9.17, 15) is 4.79 Å². The van der Waals surface area contributed by atoms with Gasteiger partial charge in [-0.3, -0.25) is 9.20 Å². The molecule has 0 radical (unpaired) electrons. The molecule has 2 aliphatic heterocycles. The Morgan fingerprint density at radius 3 is 2.81 bits per heavy atom. The van der Waals surface area contributed by atoms with E-state index < -0.39 is 0 Å². The standard InChI is InChI=1S/C19H18N6O/c26-19-18(13-4-2-1-3-5-14(13)23-19)15-11-25-12-21-16(10-17(25)22-15)24-8-6-20-7-9-24/h1-5,10-12,20H,6-9H2,(H,23,26). The second-order valence-corrected chi connectivity index (χ2v) is 6.44. The zero-order valence-electron chi connectivity index (χ0n) is 14.1.